The third-order valence-corrected chi connectivity index (χ3v) is 10.1. The van der Waals surface area contributed by atoms with Crippen LogP contribution >= 0.6 is 0 Å². The standard InChI is InChI=1S/C22H30O3Si/c1-3-5-19-26(20-12-8-6-9-13-20,21-14-10-7-11-15-21)22(24,16-4-2)25-18-17-23/h4,6-16,23-24H,3,5,17-19H2,1-2H3. The normalized spacial score (nSPS) is 14.5. The van der Waals surface area contributed by atoms with E-state index in [9.17, 15) is 10.2 Å². The summed E-state index contributed by atoms with van der Waals surface area (Å²) in [6, 6.07) is 21.4. The van der Waals surface area contributed by atoms with Crippen LogP contribution in [0.4, 0.5) is 0 Å². The van der Waals surface area contributed by atoms with Crippen LogP contribution in [-0.2, 0) is 4.74 Å². The minimum atomic E-state index is -2.75. The number of rotatable bonds is 10. The van der Waals surface area contributed by atoms with Gasteiger partial charge in [0, 0.05) is 0 Å². The molecule has 4 heteroatoms. The van der Waals surface area contributed by atoms with Gasteiger partial charge in [0.05, 0.1) is 13.2 Å². The number of unbranched alkanes of at least 4 members (excludes halogenated alkanes) is 1. The largest absolute Gasteiger partial charge is 0.394 e. The topological polar surface area (TPSA) is 49.7 Å². The minimum Gasteiger partial charge on any atom is -0.394 e. The average Bonchev–Trinajstić information content (AvgIpc) is 2.69. The summed E-state index contributed by atoms with van der Waals surface area (Å²) >= 11 is 0. The van der Waals surface area contributed by atoms with Crippen molar-refractivity contribution in [2.75, 3.05) is 13.2 Å². The number of allylic oxidation sites excluding steroid dienone is 1. The summed E-state index contributed by atoms with van der Waals surface area (Å²) in [4.78, 5) is 0. The highest BCUT2D eigenvalue weighted by molar-refractivity contribution is 7.04. The molecule has 0 aliphatic heterocycles. The molecule has 0 bridgehead atoms. The van der Waals surface area contributed by atoms with E-state index in [0.29, 0.717) is 0 Å². The molecule has 2 N–H and O–H groups in total. The molecule has 1 atom stereocenters. The highest BCUT2D eigenvalue weighted by atomic mass is 28.3. The van der Waals surface area contributed by atoms with E-state index >= 15 is 0 Å². The molecule has 2 aromatic rings. The Morgan fingerprint density at radius 1 is 1.00 bits per heavy atom. The molecule has 3 nitrogen and oxygen atoms in total. The van der Waals surface area contributed by atoms with E-state index in [0.717, 1.165) is 29.3 Å². The number of hydrogen-bond donors (Lipinski definition) is 2. The molecule has 0 fully saturated rings. The SMILES string of the molecule is CC=CC(O)(OCCO)[Si](CCCC)(c1ccccc1)c1ccccc1. The van der Waals surface area contributed by atoms with Gasteiger partial charge in [-0.2, -0.15) is 0 Å². The Balaban J connectivity index is 2.76. The first-order valence-electron chi connectivity index (χ1n) is 9.36. The first-order valence-corrected chi connectivity index (χ1v) is 11.6. The quantitative estimate of drug-likeness (QED) is 0.384. The van der Waals surface area contributed by atoms with Gasteiger partial charge in [-0.1, -0.05) is 86.5 Å². The van der Waals surface area contributed by atoms with Gasteiger partial charge in [-0.15, -0.1) is 0 Å². The van der Waals surface area contributed by atoms with Gasteiger partial charge in [0.25, 0.3) is 0 Å². The van der Waals surface area contributed by atoms with Crippen LogP contribution in [-0.4, -0.2) is 36.9 Å². The third-order valence-electron chi connectivity index (χ3n) is 4.86. The molecule has 0 saturated heterocycles. The van der Waals surface area contributed by atoms with Crippen LogP contribution in [0.2, 0.25) is 6.04 Å². The van der Waals surface area contributed by atoms with Gasteiger partial charge in [0.15, 0.2) is 13.5 Å². The molecule has 26 heavy (non-hydrogen) atoms. The summed E-state index contributed by atoms with van der Waals surface area (Å²) in [7, 11) is -2.75. The van der Waals surface area contributed by atoms with Crippen molar-refractivity contribution in [3.63, 3.8) is 0 Å². The zero-order valence-electron chi connectivity index (χ0n) is 15.8. The van der Waals surface area contributed by atoms with Crippen molar-refractivity contribution in [2.24, 2.45) is 0 Å². The van der Waals surface area contributed by atoms with Crippen LogP contribution in [0.5, 0.6) is 0 Å². The van der Waals surface area contributed by atoms with E-state index in [2.05, 4.69) is 31.2 Å². The molecule has 2 rings (SSSR count). The lowest BCUT2D eigenvalue weighted by atomic mass is 10.3. The molecular formula is C22H30O3Si. The lowest BCUT2D eigenvalue weighted by Crippen LogP contribution is -2.73. The first-order chi connectivity index (χ1) is 12.6. The molecule has 0 aliphatic carbocycles. The zero-order chi connectivity index (χ0) is 18.9. The lowest BCUT2D eigenvalue weighted by Gasteiger charge is -2.44. The van der Waals surface area contributed by atoms with E-state index in [1.807, 2.05) is 49.4 Å². The highest BCUT2D eigenvalue weighted by Gasteiger charge is 2.54. The summed E-state index contributed by atoms with van der Waals surface area (Å²) < 4.78 is 5.97. The van der Waals surface area contributed by atoms with Crippen molar-refractivity contribution in [2.45, 2.75) is 38.1 Å². The van der Waals surface area contributed by atoms with Gasteiger partial charge in [-0.25, -0.2) is 0 Å². The van der Waals surface area contributed by atoms with Crippen molar-refractivity contribution in [3.05, 3.63) is 72.8 Å². The van der Waals surface area contributed by atoms with Crippen LogP contribution in [0.3, 0.4) is 0 Å². The van der Waals surface area contributed by atoms with E-state index in [4.69, 9.17) is 4.74 Å². The second-order valence-corrected chi connectivity index (χ2v) is 10.7. The Morgan fingerprint density at radius 3 is 1.96 bits per heavy atom. The van der Waals surface area contributed by atoms with Crippen LogP contribution < -0.4 is 10.4 Å². The van der Waals surface area contributed by atoms with Crippen LogP contribution in [0.1, 0.15) is 26.7 Å². The average molecular weight is 371 g/mol. The minimum absolute atomic E-state index is 0.0986. The fourth-order valence-electron chi connectivity index (χ4n) is 3.68. The summed E-state index contributed by atoms with van der Waals surface area (Å²) in [6.07, 6.45) is 5.65. The number of hydrogen-bond acceptors (Lipinski definition) is 3. The third kappa shape index (κ3) is 4.15. The summed E-state index contributed by atoms with van der Waals surface area (Å²) in [5.41, 5.74) is -1.43. The van der Waals surface area contributed by atoms with Crippen LogP contribution in [0, 0.1) is 0 Å². The summed E-state index contributed by atoms with van der Waals surface area (Å²) in [6.45, 7) is 4.03. The lowest BCUT2D eigenvalue weighted by molar-refractivity contribution is -0.117. The molecule has 0 radical (unpaired) electrons. The van der Waals surface area contributed by atoms with Gasteiger partial charge in [0.2, 0.25) is 0 Å². The monoisotopic (exact) mass is 370 g/mol. The predicted molar refractivity (Wildman–Crippen MR) is 110 cm³/mol. The highest BCUT2D eigenvalue weighted by Crippen LogP contribution is 2.30. The molecule has 0 saturated carbocycles. The molecule has 0 heterocycles. The summed E-state index contributed by atoms with van der Waals surface area (Å²) in [5, 5.41) is 23.4. The second kappa shape index (κ2) is 9.83. The van der Waals surface area contributed by atoms with Crippen molar-refractivity contribution in [1.29, 1.82) is 0 Å². The maximum absolute atomic E-state index is 11.8. The fraction of sp³-hybridized carbons (Fsp3) is 0.364. The van der Waals surface area contributed by atoms with Gasteiger partial charge in [-0.3, -0.25) is 0 Å². The number of aliphatic hydroxyl groups excluding tert-OH is 1. The van der Waals surface area contributed by atoms with Crippen LogP contribution in [0.25, 0.3) is 0 Å². The molecular weight excluding hydrogens is 340 g/mol. The number of benzene rings is 2. The predicted octanol–water partition coefficient (Wildman–Crippen LogP) is 2.86. The van der Waals surface area contributed by atoms with E-state index in [-0.39, 0.29) is 13.2 Å². The Hall–Kier alpha value is -1.72. The van der Waals surface area contributed by atoms with Gasteiger partial charge < -0.3 is 14.9 Å². The Bertz CT molecular complexity index is 633. The maximum Gasteiger partial charge on any atom is 0.191 e. The van der Waals surface area contributed by atoms with E-state index in [1.165, 1.54) is 0 Å². The van der Waals surface area contributed by atoms with Crippen molar-refractivity contribution >= 4 is 18.4 Å². The second-order valence-electron chi connectivity index (χ2n) is 6.51. The van der Waals surface area contributed by atoms with E-state index in [1.54, 1.807) is 6.08 Å². The molecule has 2 aromatic carbocycles. The number of aliphatic hydroxyl groups is 2. The van der Waals surface area contributed by atoms with Crippen LogP contribution in [0.15, 0.2) is 72.8 Å². The van der Waals surface area contributed by atoms with Gasteiger partial charge in [0.1, 0.15) is 0 Å². The maximum atomic E-state index is 11.8. The molecule has 0 spiro atoms. The molecule has 1 unspecified atom stereocenters. The first kappa shape index (κ1) is 20.6. The fourth-order valence-corrected chi connectivity index (χ4v) is 8.98. The van der Waals surface area contributed by atoms with Crippen molar-refractivity contribution < 1.29 is 14.9 Å². The van der Waals surface area contributed by atoms with Gasteiger partial charge in [-0.05, 0) is 29.4 Å². The van der Waals surface area contributed by atoms with Gasteiger partial charge >= 0.3 is 0 Å². The smallest absolute Gasteiger partial charge is 0.191 e. The zero-order valence-corrected chi connectivity index (χ0v) is 16.8. The molecule has 0 amide bonds. The Kier molecular flexibility index (Phi) is 7.78. The van der Waals surface area contributed by atoms with Crippen molar-refractivity contribution in [3.8, 4) is 0 Å². The Morgan fingerprint density at radius 2 is 1.54 bits per heavy atom. The molecule has 0 aromatic heterocycles. The molecule has 140 valence electrons. The Labute approximate surface area is 158 Å². The molecule has 0 aliphatic rings. The van der Waals surface area contributed by atoms with Crippen molar-refractivity contribution in [1.82, 2.24) is 0 Å². The van der Waals surface area contributed by atoms with E-state index < -0.39 is 13.5 Å². The number of ether oxygens (including phenoxy) is 1. The summed E-state index contributed by atoms with van der Waals surface area (Å²) in [5.74, 6) is 0.